The Kier molecular flexibility index (Phi) is 4.65. The third-order valence-corrected chi connectivity index (χ3v) is 2.40. The van der Waals surface area contributed by atoms with Crippen LogP contribution in [0.25, 0.3) is 0 Å². The lowest BCUT2D eigenvalue weighted by Gasteiger charge is -2.15. The monoisotopic (exact) mass is 231 g/mol. The summed E-state index contributed by atoms with van der Waals surface area (Å²) in [5.41, 5.74) is 0.0162. The van der Waals surface area contributed by atoms with Crippen molar-refractivity contribution in [3.63, 3.8) is 0 Å². The molecule has 0 fully saturated rings. The molecule has 1 atom stereocenters. The Labute approximate surface area is 93.7 Å². The molecular formula is C12H16F3N. The molecule has 1 rings (SSSR count). The lowest BCUT2D eigenvalue weighted by Crippen LogP contribution is -2.16. The smallest absolute Gasteiger partial charge is 0.161 e. The van der Waals surface area contributed by atoms with E-state index in [2.05, 4.69) is 12.2 Å². The Bertz CT molecular complexity index is 352. The maximum absolute atomic E-state index is 13.2. The Balaban J connectivity index is 2.69. The molecule has 90 valence electrons. The molecule has 0 aliphatic heterocycles. The molecule has 0 saturated carbocycles. The number of hydrogen-bond acceptors (Lipinski definition) is 1. The summed E-state index contributed by atoms with van der Waals surface area (Å²) in [6.07, 6.45) is 2.93. The standard InChI is InChI=1S/C12H16F3N/c1-3-4-5-8(2)16-12-7-10(14)9(13)6-11(12)15/h6-8,16H,3-5H2,1-2H3. The van der Waals surface area contributed by atoms with Gasteiger partial charge in [0.25, 0.3) is 0 Å². The number of rotatable bonds is 5. The number of benzene rings is 1. The Hall–Kier alpha value is -1.19. The number of halogens is 3. The van der Waals surface area contributed by atoms with Gasteiger partial charge in [0.05, 0.1) is 5.69 Å². The van der Waals surface area contributed by atoms with E-state index in [-0.39, 0.29) is 11.7 Å². The van der Waals surface area contributed by atoms with Crippen molar-refractivity contribution in [3.8, 4) is 0 Å². The Morgan fingerprint density at radius 2 is 1.75 bits per heavy atom. The van der Waals surface area contributed by atoms with Gasteiger partial charge < -0.3 is 5.32 Å². The van der Waals surface area contributed by atoms with Gasteiger partial charge >= 0.3 is 0 Å². The van der Waals surface area contributed by atoms with Crippen LogP contribution in [0.2, 0.25) is 0 Å². The molecule has 16 heavy (non-hydrogen) atoms. The highest BCUT2D eigenvalue weighted by atomic mass is 19.2. The van der Waals surface area contributed by atoms with E-state index >= 15 is 0 Å². The van der Waals surface area contributed by atoms with Gasteiger partial charge in [0.15, 0.2) is 11.6 Å². The molecule has 1 unspecified atom stereocenters. The first-order valence-electron chi connectivity index (χ1n) is 5.45. The van der Waals surface area contributed by atoms with Crippen molar-refractivity contribution in [2.75, 3.05) is 5.32 Å². The summed E-state index contributed by atoms with van der Waals surface area (Å²) in [6, 6.07) is 1.46. The highest BCUT2D eigenvalue weighted by Crippen LogP contribution is 2.20. The molecule has 1 nitrogen and oxygen atoms in total. The summed E-state index contributed by atoms with van der Waals surface area (Å²) in [5.74, 6) is -2.96. The average Bonchev–Trinajstić information content (AvgIpc) is 2.23. The molecule has 0 radical (unpaired) electrons. The molecule has 1 aromatic rings. The Morgan fingerprint density at radius 3 is 2.38 bits per heavy atom. The largest absolute Gasteiger partial charge is 0.380 e. The minimum absolute atomic E-state index is 0.0162. The number of hydrogen-bond donors (Lipinski definition) is 1. The number of anilines is 1. The maximum Gasteiger partial charge on any atom is 0.161 e. The fraction of sp³-hybridized carbons (Fsp3) is 0.500. The lowest BCUT2D eigenvalue weighted by molar-refractivity contribution is 0.495. The van der Waals surface area contributed by atoms with Gasteiger partial charge in [0.1, 0.15) is 5.82 Å². The SMILES string of the molecule is CCCCC(C)Nc1cc(F)c(F)cc1F. The lowest BCUT2D eigenvalue weighted by atomic mass is 10.1. The summed E-state index contributed by atoms with van der Waals surface area (Å²) in [5, 5.41) is 2.83. The van der Waals surface area contributed by atoms with Crippen molar-refractivity contribution in [1.82, 2.24) is 0 Å². The summed E-state index contributed by atoms with van der Waals surface area (Å²) in [6.45, 7) is 3.95. The van der Waals surface area contributed by atoms with E-state index in [1.807, 2.05) is 6.92 Å². The molecule has 1 aromatic carbocycles. The van der Waals surface area contributed by atoms with Crippen molar-refractivity contribution < 1.29 is 13.2 Å². The van der Waals surface area contributed by atoms with Gasteiger partial charge in [-0.25, -0.2) is 13.2 Å². The van der Waals surface area contributed by atoms with Gasteiger partial charge in [-0.3, -0.25) is 0 Å². The first kappa shape index (κ1) is 12.9. The maximum atomic E-state index is 13.2. The van der Waals surface area contributed by atoms with E-state index in [1.54, 1.807) is 0 Å². The predicted molar refractivity (Wildman–Crippen MR) is 58.9 cm³/mol. The fourth-order valence-corrected chi connectivity index (χ4v) is 1.48. The van der Waals surface area contributed by atoms with E-state index in [0.717, 1.165) is 25.3 Å². The van der Waals surface area contributed by atoms with Gasteiger partial charge in [0.2, 0.25) is 0 Å². The van der Waals surface area contributed by atoms with Crippen LogP contribution >= 0.6 is 0 Å². The number of nitrogens with one attached hydrogen (secondary N) is 1. The highest BCUT2D eigenvalue weighted by molar-refractivity contribution is 5.45. The summed E-state index contributed by atoms with van der Waals surface area (Å²) in [4.78, 5) is 0. The normalized spacial score (nSPS) is 12.6. The second kappa shape index (κ2) is 5.77. The minimum Gasteiger partial charge on any atom is -0.380 e. The van der Waals surface area contributed by atoms with E-state index in [1.165, 1.54) is 0 Å². The van der Waals surface area contributed by atoms with Crippen LogP contribution in [0.15, 0.2) is 12.1 Å². The van der Waals surface area contributed by atoms with Gasteiger partial charge in [0, 0.05) is 18.2 Å². The quantitative estimate of drug-likeness (QED) is 0.752. The van der Waals surface area contributed by atoms with Crippen LogP contribution in [0.4, 0.5) is 18.9 Å². The first-order chi connectivity index (χ1) is 7.54. The minimum atomic E-state index is -1.16. The first-order valence-corrected chi connectivity index (χ1v) is 5.45. The van der Waals surface area contributed by atoms with E-state index in [9.17, 15) is 13.2 Å². The second-order valence-electron chi connectivity index (χ2n) is 3.93. The second-order valence-corrected chi connectivity index (χ2v) is 3.93. The predicted octanol–water partition coefficient (Wildman–Crippen LogP) is 4.09. The van der Waals surface area contributed by atoms with E-state index in [4.69, 9.17) is 0 Å². The molecule has 0 aliphatic carbocycles. The molecule has 0 saturated heterocycles. The zero-order chi connectivity index (χ0) is 12.1. The zero-order valence-electron chi connectivity index (χ0n) is 9.49. The topological polar surface area (TPSA) is 12.0 Å². The molecule has 0 bridgehead atoms. The van der Waals surface area contributed by atoms with Crippen LogP contribution in [-0.2, 0) is 0 Å². The summed E-state index contributed by atoms with van der Waals surface area (Å²) in [7, 11) is 0. The van der Waals surface area contributed by atoms with Gasteiger partial charge in [-0.05, 0) is 13.3 Å². The molecule has 0 spiro atoms. The van der Waals surface area contributed by atoms with Gasteiger partial charge in [-0.1, -0.05) is 19.8 Å². The van der Waals surface area contributed by atoms with Crippen LogP contribution in [-0.4, -0.2) is 6.04 Å². The van der Waals surface area contributed by atoms with Crippen molar-refractivity contribution in [1.29, 1.82) is 0 Å². The van der Waals surface area contributed by atoms with Crippen LogP contribution in [0, 0.1) is 17.5 Å². The molecule has 0 heterocycles. The van der Waals surface area contributed by atoms with Crippen LogP contribution in [0.1, 0.15) is 33.1 Å². The highest BCUT2D eigenvalue weighted by Gasteiger charge is 2.11. The van der Waals surface area contributed by atoms with Gasteiger partial charge in [-0.15, -0.1) is 0 Å². The van der Waals surface area contributed by atoms with Crippen molar-refractivity contribution in [2.24, 2.45) is 0 Å². The number of unbranched alkanes of at least 4 members (excludes halogenated alkanes) is 1. The summed E-state index contributed by atoms with van der Waals surface area (Å²) < 4.78 is 38.8. The molecule has 1 N–H and O–H groups in total. The molecular weight excluding hydrogens is 215 g/mol. The van der Waals surface area contributed by atoms with Gasteiger partial charge in [-0.2, -0.15) is 0 Å². The van der Waals surface area contributed by atoms with Crippen molar-refractivity contribution >= 4 is 5.69 Å². The molecule has 0 aliphatic rings. The van der Waals surface area contributed by atoms with Crippen LogP contribution in [0.5, 0.6) is 0 Å². The zero-order valence-corrected chi connectivity index (χ0v) is 9.49. The van der Waals surface area contributed by atoms with Crippen molar-refractivity contribution in [2.45, 2.75) is 39.2 Å². The van der Waals surface area contributed by atoms with E-state index in [0.29, 0.717) is 6.07 Å². The molecule has 4 heteroatoms. The average molecular weight is 231 g/mol. The molecule has 0 amide bonds. The van der Waals surface area contributed by atoms with Crippen LogP contribution < -0.4 is 5.32 Å². The third kappa shape index (κ3) is 3.43. The fourth-order valence-electron chi connectivity index (χ4n) is 1.48. The third-order valence-electron chi connectivity index (χ3n) is 2.40. The molecule has 0 aromatic heterocycles. The Morgan fingerprint density at radius 1 is 1.12 bits per heavy atom. The van der Waals surface area contributed by atoms with Crippen molar-refractivity contribution in [3.05, 3.63) is 29.6 Å². The van der Waals surface area contributed by atoms with Crippen LogP contribution in [0.3, 0.4) is 0 Å². The van der Waals surface area contributed by atoms with E-state index < -0.39 is 17.5 Å². The summed E-state index contributed by atoms with van der Waals surface area (Å²) >= 11 is 0.